The van der Waals surface area contributed by atoms with Crippen LogP contribution in [0.25, 0.3) is 0 Å². The molecular weight excluding hydrogens is 418 g/mol. The molecule has 0 amide bonds. The van der Waals surface area contributed by atoms with E-state index in [1.807, 2.05) is 45.1 Å². The molecule has 0 aliphatic heterocycles. The molecule has 6 nitrogen and oxygen atoms in total. The Morgan fingerprint density at radius 2 is 1.67 bits per heavy atom. The summed E-state index contributed by atoms with van der Waals surface area (Å²) in [4.78, 5) is 2.06. The molecule has 0 bridgehead atoms. The molecule has 1 rings (SSSR count). The van der Waals surface area contributed by atoms with Crippen LogP contribution in [-0.2, 0) is 9.47 Å². The van der Waals surface area contributed by atoms with E-state index in [-0.39, 0.29) is 24.0 Å². The highest BCUT2D eigenvalue weighted by molar-refractivity contribution is 5.66. The van der Waals surface area contributed by atoms with E-state index in [4.69, 9.17) is 18.9 Å². The second-order valence-corrected chi connectivity index (χ2v) is 8.07. The van der Waals surface area contributed by atoms with E-state index < -0.39 is 6.10 Å². The van der Waals surface area contributed by atoms with Crippen LogP contribution in [0.15, 0.2) is 37.4 Å². The molecule has 0 unspecified atom stereocenters. The van der Waals surface area contributed by atoms with Crippen LogP contribution >= 0.6 is 0 Å². The highest BCUT2D eigenvalue weighted by Crippen LogP contribution is 2.42. The van der Waals surface area contributed by atoms with Crippen LogP contribution in [0, 0.1) is 23.7 Å². The van der Waals surface area contributed by atoms with Crippen molar-refractivity contribution in [2.75, 3.05) is 46.4 Å². The Morgan fingerprint density at radius 1 is 1.03 bits per heavy atom. The van der Waals surface area contributed by atoms with Gasteiger partial charge in [-0.05, 0) is 32.3 Å². The van der Waals surface area contributed by atoms with Gasteiger partial charge in [-0.2, -0.15) is 0 Å². The normalized spacial score (nSPS) is 15.3. The van der Waals surface area contributed by atoms with E-state index in [0.717, 1.165) is 5.69 Å². The number of hydrogen-bond donors (Lipinski definition) is 1. The Labute approximate surface area is 200 Å². The lowest BCUT2D eigenvalue weighted by Gasteiger charge is -2.32. The van der Waals surface area contributed by atoms with Gasteiger partial charge in [0.25, 0.3) is 0 Å². The predicted molar refractivity (Wildman–Crippen MR) is 135 cm³/mol. The first-order chi connectivity index (χ1) is 15.8. The SMILES string of the molecule is C=CCN(CC=C)c1cc(OC)cc([C@@H](O)[C@@H](C)C[C@H](OC)[C@H](OC)[C@@H](C)C#CC)c1OC. The summed E-state index contributed by atoms with van der Waals surface area (Å²) in [5.74, 6) is 7.17. The highest BCUT2D eigenvalue weighted by Gasteiger charge is 2.32. The maximum atomic E-state index is 11.4. The van der Waals surface area contributed by atoms with Crippen molar-refractivity contribution in [1.82, 2.24) is 0 Å². The lowest BCUT2D eigenvalue weighted by molar-refractivity contribution is -0.0677. The predicted octanol–water partition coefficient (Wildman–Crippen LogP) is 4.63. The van der Waals surface area contributed by atoms with Crippen molar-refractivity contribution in [3.05, 3.63) is 43.0 Å². The number of benzene rings is 1. The zero-order valence-electron chi connectivity index (χ0n) is 21.3. The average Bonchev–Trinajstić information content (AvgIpc) is 2.82. The number of ether oxygens (including phenoxy) is 4. The molecule has 1 aromatic carbocycles. The van der Waals surface area contributed by atoms with Crippen molar-refractivity contribution in [3.63, 3.8) is 0 Å². The third-order valence-electron chi connectivity index (χ3n) is 5.82. The zero-order valence-corrected chi connectivity index (χ0v) is 21.3. The zero-order chi connectivity index (χ0) is 25.0. The summed E-state index contributed by atoms with van der Waals surface area (Å²) in [6.07, 6.45) is 2.95. The van der Waals surface area contributed by atoms with Crippen LogP contribution in [0.4, 0.5) is 5.69 Å². The van der Waals surface area contributed by atoms with Crippen molar-refractivity contribution in [2.24, 2.45) is 11.8 Å². The maximum absolute atomic E-state index is 11.4. The number of hydrogen-bond acceptors (Lipinski definition) is 6. The van der Waals surface area contributed by atoms with Gasteiger partial charge >= 0.3 is 0 Å². The average molecular weight is 460 g/mol. The van der Waals surface area contributed by atoms with Gasteiger partial charge in [-0.25, -0.2) is 0 Å². The Morgan fingerprint density at radius 3 is 2.12 bits per heavy atom. The van der Waals surface area contributed by atoms with Crippen LogP contribution in [0.5, 0.6) is 11.5 Å². The fourth-order valence-electron chi connectivity index (χ4n) is 4.14. The van der Waals surface area contributed by atoms with E-state index in [1.54, 1.807) is 28.4 Å². The summed E-state index contributed by atoms with van der Waals surface area (Å²) >= 11 is 0. The topological polar surface area (TPSA) is 60.4 Å². The molecule has 0 fully saturated rings. The van der Waals surface area contributed by atoms with Crippen LogP contribution in [0.2, 0.25) is 0 Å². The van der Waals surface area contributed by atoms with Gasteiger partial charge in [-0.3, -0.25) is 0 Å². The van der Waals surface area contributed by atoms with Crippen LogP contribution < -0.4 is 14.4 Å². The molecule has 0 radical (unpaired) electrons. The van der Waals surface area contributed by atoms with Crippen molar-refractivity contribution in [2.45, 2.75) is 45.5 Å². The molecule has 184 valence electrons. The Hall–Kier alpha value is -2.46. The minimum atomic E-state index is -0.814. The van der Waals surface area contributed by atoms with Gasteiger partial charge in [0, 0.05) is 44.9 Å². The number of aliphatic hydroxyl groups excluding tert-OH is 1. The first-order valence-electron chi connectivity index (χ1n) is 11.2. The second-order valence-electron chi connectivity index (χ2n) is 8.07. The third kappa shape index (κ3) is 7.53. The molecule has 1 N–H and O–H groups in total. The number of rotatable bonds is 15. The summed E-state index contributed by atoms with van der Waals surface area (Å²) in [7, 11) is 6.54. The molecule has 33 heavy (non-hydrogen) atoms. The van der Waals surface area contributed by atoms with Crippen molar-refractivity contribution in [3.8, 4) is 23.3 Å². The Kier molecular flexibility index (Phi) is 12.7. The van der Waals surface area contributed by atoms with Gasteiger partial charge < -0.3 is 29.0 Å². The number of methoxy groups -OCH3 is 4. The fraction of sp³-hybridized carbons (Fsp3) is 0.556. The van der Waals surface area contributed by atoms with Crippen LogP contribution in [0.3, 0.4) is 0 Å². The molecule has 5 atom stereocenters. The lowest BCUT2D eigenvalue weighted by atomic mass is 9.87. The molecule has 0 aliphatic carbocycles. The smallest absolute Gasteiger partial charge is 0.148 e. The molecule has 0 heterocycles. The minimum absolute atomic E-state index is 0.00128. The van der Waals surface area contributed by atoms with E-state index in [1.165, 1.54) is 0 Å². The summed E-state index contributed by atoms with van der Waals surface area (Å²) < 4.78 is 22.8. The molecule has 0 aliphatic rings. The van der Waals surface area contributed by atoms with Gasteiger partial charge in [0.1, 0.15) is 11.5 Å². The second kappa shape index (κ2) is 14.6. The van der Waals surface area contributed by atoms with Crippen LogP contribution in [0.1, 0.15) is 38.9 Å². The van der Waals surface area contributed by atoms with Crippen molar-refractivity contribution >= 4 is 5.69 Å². The first kappa shape index (κ1) is 28.6. The molecule has 0 spiro atoms. The summed E-state index contributed by atoms with van der Waals surface area (Å²) in [6, 6.07) is 3.72. The van der Waals surface area contributed by atoms with Gasteiger partial charge in [-0.15, -0.1) is 19.1 Å². The number of nitrogens with zero attached hydrogens (tertiary/aromatic N) is 1. The van der Waals surface area contributed by atoms with Crippen molar-refractivity contribution < 1.29 is 24.1 Å². The minimum Gasteiger partial charge on any atom is -0.497 e. The van der Waals surface area contributed by atoms with Gasteiger partial charge in [-0.1, -0.05) is 25.0 Å². The summed E-state index contributed by atoms with van der Waals surface area (Å²) in [5.41, 5.74) is 1.46. The highest BCUT2D eigenvalue weighted by atomic mass is 16.5. The number of aliphatic hydroxyl groups is 1. The Balaban J connectivity index is 3.36. The van der Waals surface area contributed by atoms with E-state index in [0.29, 0.717) is 36.6 Å². The van der Waals surface area contributed by atoms with Gasteiger partial charge in [0.2, 0.25) is 0 Å². The van der Waals surface area contributed by atoms with Gasteiger partial charge in [0.15, 0.2) is 0 Å². The molecule has 0 saturated heterocycles. The largest absolute Gasteiger partial charge is 0.497 e. The molecular formula is C27H41NO5. The third-order valence-corrected chi connectivity index (χ3v) is 5.82. The molecule has 0 aromatic heterocycles. The summed E-state index contributed by atoms with van der Waals surface area (Å²) in [5, 5.41) is 11.4. The first-order valence-corrected chi connectivity index (χ1v) is 11.2. The van der Waals surface area contributed by atoms with E-state index in [9.17, 15) is 5.11 Å². The molecule has 0 saturated carbocycles. The van der Waals surface area contributed by atoms with E-state index in [2.05, 4.69) is 29.9 Å². The van der Waals surface area contributed by atoms with Crippen LogP contribution in [-0.4, -0.2) is 58.8 Å². The monoisotopic (exact) mass is 459 g/mol. The van der Waals surface area contributed by atoms with E-state index >= 15 is 0 Å². The van der Waals surface area contributed by atoms with Gasteiger partial charge in [0.05, 0.1) is 38.2 Å². The lowest BCUT2D eigenvalue weighted by Crippen LogP contribution is -2.37. The Bertz CT molecular complexity index is 803. The quantitative estimate of drug-likeness (QED) is 0.305. The maximum Gasteiger partial charge on any atom is 0.148 e. The molecule has 1 aromatic rings. The fourth-order valence-corrected chi connectivity index (χ4v) is 4.14. The summed E-state index contributed by atoms with van der Waals surface area (Å²) in [6.45, 7) is 14.7. The standard InChI is InChI=1S/C27H41NO5/c1-10-13-19(4)26(32-8)24(31-7)16-20(5)25(29)22-17-21(30-6)18-23(27(22)33-9)28(14-11-2)15-12-3/h11-12,17-20,24-26,29H,2-3,14-16H2,1,4-9H3/t19-,20-,24-,25-,26+/m0/s1. The molecule has 6 heteroatoms. The van der Waals surface area contributed by atoms with Crippen molar-refractivity contribution in [1.29, 1.82) is 0 Å². The number of anilines is 1.